The van der Waals surface area contributed by atoms with Crippen LogP contribution < -0.4 is 21.3 Å². The molecule has 0 aliphatic heterocycles. The van der Waals surface area contributed by atoms with E-state index in [2.05, 4.69) is 28.2 Å². The van der Waals surface area contributed by atoms with Crippen LogP contribution in [0.1, 0.15) is 71.1 Å². The molecular formula is C26H50N4. The third kappa shape index (κ3) is 6.92. The van der Waals surface area contributed by atoms with Gasteiger partial charge in [0, 0.05) is 0 Å². The molecule has 0 amide bonds. The summed E-state index contributed by atoms with van der Waals surface area (Å²) in [5.41, 5.74) is 0. The molecule has 4 bridgehead atoms. The van der Waals surface area contributed by atoms with E-state index in [1.165, 1.54) is 77.9 Å². The fourth-order valence-corrected chi connectivity index (χ4v) is 7.20. The first-order valence-corrected chi connectivity index (χ1v) is 13.7. The summed E-state index contributed by atoms with van der Waals surface area (Å²) in [6.45, 7) is 11.9. The standard InChI is InChI=1S/C26H50N4/c1-2-27-7-3-4-8-28-17-24-16-25(24)18-29-9-5-6-10-30-19-26-22-12-20-11-21(14-22)15-23(26)13-20/h20-30H,2-19H2,1H3/t20?,21?,22?,23?,24-,25+,26?/m0/s1. The molecule has 0 unspecified atom stereocenters. The number of hydrogen-bond acceptors (Lipinski definition) is 4. The van der Waals surface area contributed by atoms with Crippen molar-refractivity contribution in [1.29, 1.82) is 0 Å². The van der Waals surface area contributed by atoms with Crippen molar-refractivity contribution in [3.63, 3.8) is 0 Å². The average Bonchev–Trinajstić information content (AvgIpc) is 3.48. The molecule has 0 radical (unpaired) electrons. The third-order valence-electron chi connectivity index (χ3n) is 8.85. The Hall–Kier alpha value is -0.160. The summed E-state index contributed by atoms with van der Waals surface area (Å²) in [6.07, 6.45) is 14.6. The summed E-state index contributed by atoms with van der Waals surface area (Å²) in [5, 5.41) is 14.6. The molecule has 4 nitrogen and oxygen atoms in total. The van der Waals surface area contributed by atoms with Crippen molar-refractivity contribution in [3.05, 3.63) is 0 Å². The van der Waals surface area contributed by atoms with Crippen molar-refractivity contribution >= 4 is 0 Å². The lowest BCUT2D eigenvalue weighted by Gasteiger charge is -2.54. The van der Waals surface area contributed by atoms with E-state index in [1.54, 1.807) is 32.1 Å². The molecule has 4 heteroatoms. The first-order chi connectivity index (χ1) is 14.8. The molecule has 0 saturated heterocycles. The second kappa shape index (κ2) is 12.2. The minimum absolute atomic E-state index is 0.939. The molecule has 5 aliphatic rings. The molecule has 174 valence electrons. The Morgan fingerprint density at radius 2 is 1.00 bits per heavy atom. The van der Waals surface area contributed by atoms with Crippen molar-refractivity contribution < 1.29 is 0 Å². The van der Waals surface area contributed by atoms with Crippen LogP contribution in [0.5, 0.6) is 0 Å². The Bertz CT molecular complexity index is 454. The van der Waals surface area contributed by atoms with Crippen LogP contribution >= 0.6 is 0 Å². The summed E-state index contributed by atoms with van der Waals surface area (Å²) in [7, 11) is 0. The predicted octanol–water partition coefficient (Wildman–Crippen LogP) is 3.63. The van der Waals surface area contributed by atoms with Gasteiger partial charge in [0.2, 0.25) is 0 Å². The van der Waals surface area contributed by atoms with Crippen LogP contribution in [-0.2, 0) is 0 Å². The van der Waals surface area contributed by atoms with Crippen molar-refractivity contribution in [2.24, 2.45) is 41.4 Å². The van der Waals surface area contributed by atoms with Gasteiger partial charge in [0.1, 0.15) is 0 Å². The van der Waals surface area contributed by atoms with E-state index >= 15 is 0 Å². The topological polar surface area (TPSA) is 48.1 Å². The lowest BCUT2D eigenvalue weighted by Crippen LogP contribution is -2.48. The van der Waals surface area contributed by atoms with E-state index in [0.29, 0.717) is 0 Å². The SMILES string of the molecule is CCNCCCCNC[C@@H]1C[C@@H]1CNCCCCNCC1C2CC3CC(C2)CC1C3. The Labute approximate surface area is 186 Å². The van der Waals surface area contributed by atoms with Crippen LogP contribution in [0, 0.1) is 41.4 Å². The first-order valence-electron chi connectivity index (χ1n) is 13.7. The fourth-order valence-electron chi connectivity index (χ4n) is 7.20. The lowest BCUT2D eigenvalue weighted by molar-refractivity contribution is -0.0353. The summed E-state index contributed by atoms with van der Waals surface area (Å²) in [4.78, 5) is 0. The summed E-state index contributed by atoms with van der Waals surface area (Å²) >= 11 is 0. The molecule has 0 aromatic heterocycles. The number of unbranched alkanes of at least 4 members (excludes halogenated alkanes) is 2. The second-order valence-corrected chi connectivity index (χ2v) is 11.2. The van der Waals surface area contributed by atoms with Crippen molar-refractivity contribution in [1.82, 2.24) is 21.3 Å². The van der Waals surface area contributed by atoms with E-state index in [1.807, 2.05) is 0 Å². The highest BCUT2D eigenvalue weighted by Gasteiger charge is 2.47. The third-order valence-corrected chi connectivity index (χ3v) is 8.85. The smallest absolute Gasteiger partial charge is 0.00152 e. The van der Waals surface area contributed by atoms with Gasteiger partial charge in [0.15, 0.2) is 0 Å². The first kappa shape index (κ1) is 23.0. The monoisotopic (exact) mass is 418 g/mol. The second-order valence-electron chi connectivity index (χ2n) is 11.2. The highest BCUT2D eigenvalue weighted by Crippen LogP contribution is 2.56. The highest BCUT2D eigenvalue weighted by atomic mass is 14.9. The van der Waals surface area contributed by atoms with Crippen LogP contribution in [0.4, 0.5) is 0 Å². The van der Waals surface area contributed by atoms with Crippen molar-refractivity contribution in [2.45, 2.75) is 71.1 Å². The Morgan fingerprint density at radius 1 is 0.533 bits per heavy atom. The number of nitrogens with one attached hydrogen (secondary N) is 4. The largest absolute Gasteiger partial charge is 0.317 e. The van der Waals surface area contributed by atoms with Crippen LogP contribution in [-0.4, -0.2) is 52.4 Å². The Morgan fingerprint density at radius 3 is 1.50 bits per heavy atom. The molecule has 0 aromatic rings. The molecule has 5 fully saturated rings. The quantitative estimate of drug-likeness (QED) is 0.272. The van der Waals surface area contributed by atoms with Crippen LogP contribution in [0.15, 0.2) is 0 Å². The molecule has 5 saturated carbocycles. The van der Waals surface area contributed by atoms with Crippen molar-refractivity contribution in [3.8, 4) is 0 Å². The van der Waals surface area contributed by atoms with Gasteiger partial charge in [0.05, 0.1) is 0 Å². The predicted molar refractivity (Wildman–Crippen MR) is 128 cm³/mol. The van der Waals surface area contributed by atoms with Gasteiger partial charge in [-0.2, -0.15) is 0 Å². The van der Waals surface area contributed by atoms with Crippen LogP contribution in [0.3, 0.4) is 0 Å². The molecular weight excluding hydrogens is 368 g/mol. The fraction of sp³-hybridized carbons (Fsp3) is 1.00. The molecule has 0 aromatic carbocycles. The maximum absolute atomic E-state index is 3.84. The van der Waals surface area contributed by atoms with Crippen molar-refractivity contribution in [2.75, 3.05) is 52.4 Å². The van der Waals surface area contributed by atoms with Gasteiger partial charge in [-0.3, -0.25) is 0 Å². The van der Waals surface area contributed by atoms with Gasteiger partial charge in [-0.25, -0.2) is 0 Å². The zero-order valence-corrected chi connectivity index (χ0v) is 19.8. The van der Waals surface area contributed by atoms with Gasteiger partial charge in [-0.15, -0.1) is 0 Å². The molecule has 0 spiro atoms. The van der Waals surface area contributed by atoms with Gasteiger partial charge in [-0.1, -0.05) is 6.92 Å². The molecule has 4 N–H and O–H groups in total. The Balaban J connectivity index is 0.916. The molecule has 2 atom stereocenters. The highest BCUT2D eigenvalue weighted by molar-refractivity contribution is 4.98. The Kier molecular flexibility index (Phi) is 9.34. The van der Waals surface area contributed by atoms with E-state index in [0.717, 1.165) is 48.0 Å². The van der Waals surface area contributed by atoms with Gasteiger partial charge in [-0.05, 0) is 158 Å². The maximum atomic E-state index is 3.84. The zero-order chi connectivity index (χ0) is 20.6. The van der Waals surface area contributed by atoms with Gasteiger partial charge >= 0.3 is 0 Å². The summed E-state index contributed by atoms with van der Waals surface area (Å²) in [5.74, 6) is 7.28. The van der Waals surface area contributed by atoms with E-state index < -0.39 is 0 Å². The lowest BCUT2D eigenvalue weighted by atomic mass is 9.52. The van der Waals surface area contributed by atoms with Crippen LogP contribution in [0.25, 0.3) is 0 Å². The minimum atomic E-state index is 0.939. The normalized spacial score (nSPS) is 36.5. The zero-order valence-electron chi connectivity index (χ0n) is 19.8. The molecule has 5 rings (SSSR count). The summed E-state index contributed by atoms with van der Waals surface area (Å²) < 4.78 is 0. The maximum Gasteiger partial charge on any atom is -0.00152 e. The van der Waals surface area contributed by atoms with Gasteiger partial charge < -0.3 is 21.3 Å². The molecule has 30 heavy (non-hydrogen) atoms. The average molecular weight is 419 g/mol. The number of hydrogen-bond donors (Lipinski definition) is 4. The summed E-state index contributed by atoms with van der Waals surface area (Å²) in [6, 6.07) is 0. The van der Waals surface area contributed by atoms with Crippen LogP contribution in [0.2, 0.25) is 0 Å². The van der Waals surface area contributed by atoms with E-state index in [4.69, 9.17) is 0 Å². The minimum Gasteiger partial charge on any atom is -0.317 e. The molecule has 0 heterocycles. The van der Waals surface area contributed by atoms with E-state index in [9.17, 15) is 0 Å². The van der Waals surface area contributed by atoms with E-state index in [-0.39, 0.29) is 0 Å². The molecule has 5 aliphatic carbocycles. The van der Waals surface area contributed by atoms with Gasteiger partial charge in [0.25, 0.3) is 0 Å². The number of rotatable bonds is 17.